The number of pyridine rings is 1. The number of carbonyl (C=O) groups is 1. The highest BCUT2D eigenvalue weighted by Crippen LogP contribution is 2.36. The first-order chi connectivity index (χ1) is 15.6. The summed E-state index contributed by atoms with van der Waals surface area (Å²) in [5.74, 6) is -0.0325. The molecular formula is C25H27F3N4O. The summed E-state index contributed by atoms with van der Waals surface area (Å²) in [5, 5.41) is 7.26. The Morgan fingerprint density at radius 1 is 1.21 bits per heavy atom. The summed E-state index contributed by atoms with van der Waals surface area (Å²) in [5.41, 5.74) is 2.85. The van der Waals surface area contributed by atoms with Gasteiger partial charge in [-0.2, -0.15) is 13.2 Å². The van der Waals surface area contributed by atoms with Crippen LogP contribution in [0.15, 0.2) is 48.7 Å². The predicted molar refractivity (Wildman–Crippen MR) is 124 cm³/mol. The summed E-state index contributed by atoms with van der Waals surface area (Å²) in [6.45, 7) is 6.46. The third-order valence-electron chi connectivity index (χ3n) is 6.21. The molecule has 1 amide bonds. The summed E-state index contributed by atoms with van der Waals surface area (Å²) in [4.78, 5) is 18.0. The largest absolute Gasteiger partial charge is 0.416 e. The Labute approximate surface area is 191 Å². The molecule has 2 N–H and O–H groups in total. The fraction of sp³-hybridized carbons (Fsp3) is 0.360. The molecule has 1 saturated heterocycles. The molecule has 0 radical (unpaired) electrons. The smallest absolute Gasteiger partial charge is 0.378 e. The number of amides is 1. The van der Waals surface area contributed by atoms with E-state index in [4.69, 9.17) is 0 Å². The van der Waals surface area contributed by atoms with Gasteiger partial charge < -0.3 is 15.5 Å². The van der Waals surface area contributed by atoms with Crippen LogP contribution in [-0.4, -0.2) is 30.0 Å². The van der Waals surface area contributed by atoms with Gasteiger partial charge in [-0.15, -0.1) is 0 Å². The Morgan fingerprint density at radius 2 is 2.00 bits per heavy atom. The van der Waals surface area contributed by atoms with Crippen molar-refractivity contribution in [1.29, 1.82) is 0 Å². The molecular weight excluding hydrogens is 429 g/mol. The average Bonchev–Trinajstić information content (AvgIpc) is 3.20. The van der Waals surface area contributed by atoms with Gasteiger partial charge in [0.1, 0.15) is 0 Å². The minimum Gasteiger partial charge on any atom is -0.378 e. The first-order valence-corrected chi connectivity index (χ1v) is 11.0. The summed E-state index contributed by atoms with van der Waals surface area (Å²) in [6.07, 6.45) is -1.82. The van der Waals surface area contributed by atoms with Crippen molar-refractivity contribution in [2.45, 2.75) is 45.5 Å². The Balaban J connectivity index is 1.61. The van der Waals surface area contributed by atoms with Crippen LogP contribution in [0.3, 0.4) is 0 Å². The molecule has 2 aromatic carbocycles. The van der Waals surface area contributed by atoms with Crippen molar-refractivity contribution in [1.82, 2.24) is 10.3 Å². The Hall–Kier alpha value is -3.29. The van der Waals surface area contributed by atoms with Crippen LogP contribution < -0.4 is 15.5 Å². The molecule has 1 fully saturated rings. The van der Waals surface area contributed by atoms with Crippen LogP contribution in [0.2, 0.25) is 0 Å². The van der Waals surface area contributed by atoms with E-state index in [1.807, 2.05) is 31.2 Å². The van der Waals surface area contributed by atoms with E-state index >= 15 is 0 Å². The van der Waals surface area contributed by atoms with Gasteiger partial charge in [-0.05, 0) is 61.7 Å². The van der Waals surface area contributed by atoms with Crippen LogP contribution in [-0.2, 0) is 11.0 Å². The molecule has 2 heterocycles. The lowest BCUT2D eigenvalue weighted by molar-refractivity contribution is -0.138. The lowest BCUT2D eigenvalue weighted by Crippen LogP contribution is -2.35. The maximum atomic E-state index is 13.4. The molecule has 33 heavy (non-hydrogen) atoms. The van der Waals surface area contributed by atoms with Crippen molar-refractivity contribution in [3.63, 3.8) is 0 Å². The van der Waals surface area contributed by atoms with Gasteiger partial charge in [0, 0.05) is 55.1 Å². The van der Waals surface area contributed by atoms with Gasteiger partial charge in [-0.1, -0.05) is 12.1 Å². The molecule has 0 spiro atoms. The minimum absolute atomic E-state index is 0.0325. The van der Waals surface area contributed by atoms with E-state index in [0.717, 1.165) is 47.9 Å². The van der Waals surface area contributed by atoms with Crippen LogP contribution in [0.1, 0.15) is 43.0 Å². The van der Waals surface area contributed by atoms with Crippen LogP contribution >= 0.6 is 0 Å². The van der Waals surface area contributed by atoms with Crippen molar-refractivity contribution in [2.75, 3.05) is 23.3 Å². The summed E-state index contributed by atoms with van der Waals surface area (Å²) >= 11 is 0. The Kier molecular flexibility index (Phi) is 6.19. The number of fused-ring (bicyclic) bond motifs is 1. The van der Waals surface area contributed by atoms with Crippen LogP contribution in [0.5, 0.6) is 0 Å². The van der Waals surface area contributed by atoms with E-state index in [9.17, 15) is 18.0 Å². The maximum Gasteiger partial charge on any atom is 0.416 e. The second kappa shape index (κ2) is 8.92. The number of carbonyl (C=O) groups excluding carboxylic acids is 1. The SMILES string of the molecule is CC(=O)N[C@H]1CCN(c2ccc3nccc(N[C@H](C)c4cccc(C(F)(F)F)c4C)c3c2)C1. The molecule has 1 aliphatic heterocycles. The topological polar surface area (TPSA) is 57.3 Å². The molecule has 0 unspecified atom stereocenters. The van der Waals surface area contributed by atoms with Gasteiger partial charge in [0.15, 0.2) is 0 Å². The number of anilines is 2. The van der Waals surface area contributed by atoms with E-state index in [1.54, 1.807) is 12.3 Å². The quantitative estimate of drug-likeness (QED) is 0.536. The highest BCUT2D eigenvalue weighted by Gasteiger charge is 2.33. The third kappa shape index (κ3) is 4.89. The van der Waals surface area contributed by atoms with Crippen molar-refractivity contribution in [3.05, 3.63) is 65.4 Å². The number of hydrogen-bond donors (Lipinski definition) is 2. The van der Waals surface area contributed by atoms with Gasteiger partial charge in [0.2, 0.25) is 5.91 Å². The zero-order valence-corrected chi connectivity index (χ0v) is 18.8. The fourth-order valence-corrected chi connectivity index (χ4v) is 4.60. The van der Waals surface area contributed by atoms with E-state index < -0.39 is 11.7 Å². The van der Waals surface area contributed by atoms with Crippen molar-refractivity contribution >= 4 is 28.2 Å². The second-order valence-corrected chi connectivity index (χ2v) is 8.58. The normalized spacial score (nSPS) is 17.3. The molecule has 0 saturated carbocycles. The maximum absolute atomic E-state index is 13.4. The lowest BCUT2D eigenvalue weighted by atomic mass is 9.97. The summed E-state index contributed by atoms with van der Waals surface area (Å²) < 4.78 is 40.1. The van der Waals surface area contributed by atoms with Gasteiger partial charge in [-0.25, -0.2) is 0 Å². The van der Waals surface area contributed by atoms with Crippen molar-refractivity contribution in [3.8, 4) is 0 Å². The standard InChI is InChI=1S/C25H27F3N4O/c1-15-20(5-4-6-22(15)25(26,27)28)16(2)30-24-9-11-29-23-8-7-19(13-21(23)24)32-12-10-18(14-32)31-17(3)33/h4-9,11,13,16,18H,10,12,14H2,1-3H3,(H,29,30)(H,31,33)/t16-,18+/m1/s1. The molecule has 1 aromatic heterocycles. The number of rotatable bonds is 5. The van der Waals surface area contributed by atoms with Gasteiger partial charge in [0.25, 0.3) is 0 Å². The zero-order chi connectivity index (χ0) is 23.8. The number of benzene rings is 2. The van der Waals surface area contributed by atoms with E-state index in [1.165, 1.54) is 19.9 Å². The highest BCUT2D eigenvalue weighted by molar-refractivity contribution is 5.93. The van der Waals surface area contributed by atoms with Gasteiger partial charge in [0.05, 0.1) is 11.1 Å². The number of halogens is 3. The molecule has 5 nitrogen and oxygen atoms in total. The van der Waals surface area contributed by atoms with Crippen LogP contribution in [0.25, 0.3) is 10.9 Å². The summed E-state index contributed by atoms with van der Waals surface area (Å²) in [7, 11) is 0. The first kappa shape index (κ1) is 22.9. The number of aromatic nitrogens is 1. The lowest BCUT2D eigenvalue weighted by Gasteiger charge is -2.23. The molecule has 0 bridgehead atoms. The Morgan fingerprint density at radius 3 is 2.73 bits per heavy atom. The monoisotopic (exact) mass is 456 g/mol. The Bertz CT molecular complexity index is 1180. The second-order valence-electron chi connectivity index (χ2n) is 8.58. The average molecular weight is 457 g/mol. The van der Waals surface area contributed by atoms with E-state index in [2.05, 4.69) is 20.5 Å². The molecule has 4 rings (SSSR count). The highest BCUT2D eigenvalue weighted by atomic mass is 19.4. The predicted octanol–water partition coefficient (Wildman–Crippen LogP) is 5.45. The number of alkyl halides is 3. The molecule has 2 atom stereocenters. The number of nitrogens with zero attached hydrogens (tertiary/aromatic N) is 2. The van der Waals surface area contributed by atoms with Crippen molar-refractivity contribution < 1.29 is 18.0 Å². The van der Waals surface area contributed by atoms with Gasteiger partial charge >= 0.3 is 6.18 Å². The molecule has 174 valence electrons. The van der Waals surface area contributed by atoms with E-state index in [0.29, 0.717) is 5.56 Å². The number of hydrogen-bond acceptors (Lipinski definition) is 4. The van der Waals surface area contributed by atoms with Crippen molar-refractivity contribution in [2.24, 2.45) is 0 Å². The first-order valence-electron chi connectivity index (χ1n) is 11.0. The number of nitrogens with one attached hydrogen (secondary N) is 2. The third-order valence-corrected chi connectivity index (χ3v) is 6.21. The van der Waals surface area contributed by atoms with Crippen LogP contribution in [0.4, 0.5) is 24.5 Å². The molecule has 3 aromatic rings. The van der Waals surface area contributed by atoms with E-state index in [-0.39, 0.29) is 23.6 Å². The summed E-state index contributed by atoms with van der Waals surface area (Å²) in [6, 6.07) is 11.9. The molecule has 1 aliphatic rings. The zero-order valence-electron chi connectivity index (χ0n) is 18.8. The molecule has 0 aliphatic carbocycles. The van der Waals surface area contributed by atoms with Crippen LogP contribution in [0, 0.1) is 6.92 Å². The van der Waals surface area contributed by atoms with Gasteiger partial charge in [-0.3, -0.25) is 9.78 Å². The molecule has 8 heteroatoms. The minimum atomic E-state index is -4.39. The fourth-order valence-electron chi connectivity index (χ4n) is 4.60.